The number of aliphatic hydroxyl groups is 1. The normalized spacial score (nSPS) is 13.3. The number of hydrogen-bond donors (Lipinski definition) is 5. The smallest absolute Gasteiger partial charge is 0.328 e. The minimum Gasteiger partial charge on any atom is -0.469 e. The number of carbonyl (C=O) groups excluding carboxylic acids is 6. The van der Waals surface area contributed by atoms with Crippen LogP contribution < -0.4 is 21.3 Å². The number of carbonyl (C=O) groups is 6. The maximum absolute atomic E-state index is 13.3. The van der Waals surface area contributed by atoms with Crippen LogP contribution in [0.5, 0.6) is 0 Å². The molecule has 3 rings (SSSR count). The quantitative estimate of drug-likeness (QED) is 0.0730. The Morgan fingerprint density at radius 3 is 1.57 bits per heavy atom. The molecular formula is C41H48F4N4O9. The monoisotopic (exact) mass is 816 g/mol. The van der Waals surface area contributed by atoms with Crippen LogP contribution in [0.1, 0.15) is 50.3 Å². The van der Waals surface area contributed by atoms with E-state index in [0.717, 1.165) is 29.8 Å². The molecule has 0 bridgehead atoms. The van der Waals surface area contributed by atoms with Crippen LogP contribution in [0, 0.1) is 23.3 Å². The molecule has 0 spiro atoms. The van der Waals surface area contributed by atoms with Gasteiger partial charge in [-0.25, -0.2) is 22.4 Å². The lowest BCUT2D eigenvalue weighted by molar-refractivity contribution is -0.145. The third-order valence-electron chi connectivity index (χ3n) is 8.22. The molecule has 314 valence electrons. The third kappa shape index (κ3) is 17.8. The van der Waals surface area contributed by atoms with Gasteiger partial charge in [0.15, 0.2) is 0 Å². The average Bonchev–Trinajstić information content (AvgIpc) is 3.15. The number of esters is 2. The van der Waals surface area contributed by atoms with Gasteiger partial charge in [0, 0.05) is 12.1 Å². The molecule has 3 aromatic rings. The van der Waals surface area contributed by atoms with Crippen LogP contribution in [-0.2, 0) is 57.5 Å². The number of benzene rings is 3. The Morgan fingerprint density at radius 1 is 0.672 bits per heavy atom. The van der Waals surface area contributed by atoms with Crippen molar-refractivity contribution >= 4 is 35.6 Å². The van der Waals surface area contributed by atoms with Crippen molar-refractivity contribution in [3.05, 3.63) is 119 Å². The molecule has 0 saturated heterocycles. The first-order chi connectivity index (χ1) is 27.4. The predicted molar refractivity (Wildman–Crippen MR) is 203 cm³/mol. The van der Waals surface area contributed by atoms with Crippen LogP contribution in [0.4, 0.5) is 17.6 Å². The van der Waals surface area contributed by atoms with Crippen LogP contribution >= 0.6 is 0 Å². The highest BCUT2D eigenvalue weighted by atomic mass is 19.1. The van der Waals surface area contributed by atoms with Crippen molar-refractivity contribution in [3.8, 4) is 0 Å². The standard InChI is InChI=1S/C23H26F2N2O5.C18H22F2N2O4/c1-14(26-21(29)11-16-8-17(24)12-18(25)9-16)23(31)27-19(20(28)13-22(30)32-2)10-15-6-4-3-5-7-15;1-4-5-6-15(18(25)26-3)22-17(24)11(2)21-16(23)9-12-7-13(19)10-14(20)8-12/h3-9,12,14,19-20,28H,10-11,13H2,1-2H3,(H,26,29)(H,27,31);4-5,7-8,10-11,15H,6,9H2,1-3H3,(H,21,23)(H,22,24)/t14-,19-,20-;11-,15-/m00/s1. The van der Waals surface area contributed by atoms with Gasteiger partial charge in [-0.05, 0) is 74.6 Å². The summed E-state index contributed by atoms with van der Waals surface area (Å²) in [6.07, 6.45) is 1.78. The molecular weight excluding hydrogens is 768 g/mol. The maximum Gasteiger partial charge on any atom is 0.328 e. The van der Waals surface area contributed by atoms with Crippen LogP contribution in [0.3, 0.4) is 0 Å². The summed E-state index contributed by atoms with van der Waals surface area (Å²) in [5, 5.41) is 20.5. The van der Waals surface area contributed by atoms with Crippen molar-refractivity contribution in [2.75, 3.05) is 14.2 Å². The second-order valence-electron chi connectivity index (χ2n) is 13.0. The lowest BCUT2D eigenvalue weighted by atomic mass is 9.98. The number of ether oxygens (including phenoxy) is 2. The van der Waals surface area contributed by atoms with Crippen LogP contribution in [0.2, 0.25) is 0 Å². The molecule has 0 aliphatic heterocycles. The van der Waals surface area contributed by atoms with Gasteiger partial charge in [-0.3, -0.25) is 24.0 Å². The maximum atomic E-state index is 13.3. The van der Waals surface area contributed by atoms with E-state index in [1.165, 1.54) is 28.1 Å². The fourth-order valence-corrected chi connectivity index (χ4v) is 5.29. The molecule has 0 saturated carbocycles. The van der Waals surface area contributed by atoms with Crippen molar-refractivity contribution in [2.24, 2.45) is 0 Å². The molecule has 5 atom stereocenters. The highest BCUT2D eigenvalue weighted by Crippen LogP contribution is 2.12. The van der Waals surface area contributed by atoms with Gasteiger partial charge < -0.3 is 35.8 Å². The number of aliphatic hydroxyl groups excluding tert-OH is 1. The Kier molecular flexibility index (Phi) is 20.3. The minimum atomic E-state index is -1.22. The van der Waals surface area contributed by atoms with Crippen LogP contribution in [0.15, 0.2) is 78.9 Å². The van der Waals surface area contributed by atoms with E-state index in [0.29, 0.717) is 12.1 Å². The average molecular weight is 817 g/mol. The molecule has 4 amide bonds. The summed E-state index contributed by atoms with van der Waals surface area (Å²) in [5.41, 5.74) is 1.10. The van der Waals surface area contributed by atoms with Gasteiger partial charge in [0.2, 0.25) is 23.6 Å². The fourth-order valence-electron chi connectivity index (χ4n) is 5.29. The van der Waals surface area contributed by atoms with Crippen LogP contribution in [-0.4, -0.2) is 85.2 Å². The van der Waals surface area contributed by atoms with Gasteiger partial charge in [0.05, 0.1) is 45.6 Å². The van der Waals surface area contributed by atoms with E-state index in [-0.39, 0.29) is 43.2 Å². The Balaban J connectivity index is 0.000000409. The summed E-state index contributed by atoms with van der Waals surface area (Å²) in [6.45, 7) is 4.64. The molecule has 0 heterocycles. The second-order valence-corrected chi connectivity index (χ2v) is 13.0. The fraction of sp³-hybridized carbons (Fsp3) is 0.366. The lowest BCUT2D eigenvalue weighted by Crippen LogP contribution is -2.52. The van der Waals surface area contributed by atoms with Gasteiger partial charge in [-0.2, -0.15) is 0 Å². The van der Waals surface area contributed by atoms with Gasteiger partial charge in [-0.15, -0.1) is 0 Å². The Bertz CT molecular complexity index is 1860. The zero-order valence-electron chi connectivity index (χ0n) is 32.7. The third-order valence-corrected chi connectivity index (χ3v) is 8.22. The van der Waals surface area contributed by atoms with Crippen molar-refractivity contribution in [2.45, 2.75) is 83.1 Å². The SMILES string of the molecule is CC=CC[C@H](NC(=O)[C@H](C)NC(=O)Cc1cc(F)cc(F)c1)C(=O)OC.COC(=O)C[C@H](O)[C@H](Cc1ccccc1)NC(=O)[C@H](C)NC(=O)Cc1cc(F)cc(F)c1. The molecule has 58 heavy (non-hydrogen) atoms. The number of halogens is 4. The minimum absolute atomic E-state index is 0.128. The first kappa shape index (κ1) is 48.0. The van der Waals surface area contributed by atoms with E-state index >= 15 is 0 Å². The second kappa shape index (κ2) is 24.5. The van der Waals surface area contributed by atoms with Crippen molar-refractivity contribution < 1.29 is 60.9 Å². The van der Waals surface area contributed by atoms with Crippen molar-refractivity contribution in [1.29, 1.82) is 0 Å². The molecule has 0 radical (unpaired) electrons. The summed E-state index contributed by atoms with van der Waals surface area (Å²) in [6, 6.07) is 11.0. The number of amides is 4. The van der Waals surface area contributed by atoms with Crippen molar-refractivity contribution in [1.82, 2.24) is 21.3 Å². The molecule has 3 aromatic carbocycles. The summed E-state index contributed by atoms with van der Waals surface area (Å²) < 4.78 is 62.1. The van der Waals surface area contributed by atoms with E-state index in [4.69, 9.17) is 0 Å². The molecule has 0 aliphatic rings. The zero-order chi connectivity index (χ0) is 43.4. The first-order valence-corrected chi connectivity index (χ1v) is 18.0. The van der Waals surface area contributed by atoms with E-state index in [1.807, 2.05) is 18.2 Å². The number of hydrogen-bond acceptors (Lipinski definition) is 9. The summed E-state index contributed by atoms with van der Waals surface area (Å²) in [4.78, 5) is 72.2. The Hall–Kier alpha value is -6.10. The summed E-state index contributed by atoms with van der Waals surface area (Å²) in [7, 11) is 2.41. The van der Waals surface area contributed by atoms with E-state index in [1.54, 1.807) is 31.2 Å². The summed E-state index contributed by atoms with van der Waals surface area (Å²) in [5.74, 6) is -6.78. The van der Waals surface area contributed by atoms with E-state index in [9.17, 15) is 51.4 Å². The highest BCUT2D eigenvalue weighted by Gasteiger charge is 2.27. The summed E-state index contributed by atoms with van der Waals surface area (Å²) >= 11 is 0. The Labute approximate surface area is 333 Å². The molecule has 5 N–H and O–H groups in total. The Morgan fingerprint density at radius 2 is 1.14 bits per heavy atom. The largest absolute Gasteiger partial charge is 0.469 e. The predicted octanol–water partition coefficient (Wildman–Crippen LogP) is 3.30. The van der Waals surface area contributed by atoms with Gasteiger partial charge in [-0.1, -0.05) is 42.5 Å². The molecule has 0 unspecified atom stereocenters. The molecule has 0 fully saturated rings. The van der Waals surface area contributed by atoms with E-state index < -0.39 is 89.1 Å². The lowest BCUT2D eigenvalue weighted by Gasteiger charge is -2.25. The molecule has 0 aromatic heterocycles. The molecule has 17 heteroatoms. The highest BCUT2D eigenvalue weighted by molar-refractivity contribution is 5.91. The number of nitrogens with one attached hydrogen (secondary N) is 4. The molecule has 0 aliphatic carbocycles. The van der Waals surface area contributed by atoms with Gasteiger partial charge in [0.1, 0.15) is 41.4 Å². The zero-order valence-corrected chi connectivity index (χ0v) is 32.7. The van der Waals surface area contributed by atoms with Crippen molar-refractivity contribution in [3.63, 3.8) is 0 Å². The molecule has 13 nitrogen and oxygen atoms in total. The van der Waals surface area contributed by atoms with Gasteiger partial charge >= 0.3 is 11.9 Å². The number of rotatable bonds is 18. The van der Waals surface area contributed by atoms with Crippen LogP contribution in [0.25, 0.3) is 0 Å². The number of methoxy groups -OCH3 is 2. The van der Waals surface area contributed by atoms with Gasteiger partial charge in [0.25, 0.3) is 0 Å². The number of allylic oxidation sites excluding steroid dienone is 1. The topological polar surface area (TPSA) is 189 Å². The first-order valence-electron chi connectivity index (χ1n) is 18.0. The van der Waals surface area contributed by atoms with E-state index in [2.05, 4.69) is 30.7 Å².